The van der Waals surface area contributed by atoms with Crippen molar-refractivity contribution in [1.82, 2.24) is 21.6 Å². The molecule has 1 rings (SSSR count). The van der Waals surface area contributed by atoms with Crippen LogP contribution in [-0.4, -0.2) is 39.3 Å². The summed E-state index contributed by atoms with van der Waals surface area (Å²) in [6.07, 6.45) is 0. The number of rotatable bonds is 6. The summed E-state index contributed by atoms with van der Waals surface area (Å²) in [5.74, 6) is 0. The van der Waals surface area contributed by atoms with Crippen molar-refractivity contribution in [1.29, 1.82) is 0 Å². The lowest BCUT2D eigenvalue weighted by Gasteiger charge is -2.06. The van der Waals surface area contributed by atoms with Crippen molar-refractivity contribution in [2.45, 2.75) is 20.8 Å². The number of non-ortho nitro benzene ring substituents is 1. The van der Waals surface area contributed by atoms with Gasteiger partial charge in [0.1, 0.15) is 0 Å². The monoisotopic (exact) mass is 408 g/mol. The van der Waals surface area contributed by atoms with E-state index in [9.17, 15) is 10.1 Å². The molecule has 0 saturated heterocycles. The second-order valence-electron chi connectivity index (χ2n) is 5.14. The molecule has 0 aliphatic carbocycles. The molecule has 0 amide bonds. The first-order valence-electron chi connectivity index (χ1n) is 7.66. The highest BCUT2D eigenvalue weighted by Crippen LogP contribution is 2.13. The Balaban J connectivity index is 2.66. The maximum Gasteiger partial charge on any atom is 0.270 e. The lowest BCUT2D eigenvalue weighted by Crippen LogP contribution is -2.32. The Kier molecular flexibility index (Phi) is 8.89. The zero-order valence-corrected chi connectivity index (χ0v) is 16.9. The standard InChI is InChI=1S/C15H20N8O2S2/c1-9(17-20-14(26)16-4)10(2)18-21-15(27)22-19-11(3)12-6-5-7-13(8-12)23(24)25/h5-8H,1-4H3,(H2,16,20,26)(H2,21,22,27)/b17-9+,18-10+,19-11+. The second kappa shape index (κ2) is 10.9. The van der Waals surface area contributed by atoms with Crippen molar-refractivity contribution in [3.8, 4) is 0 Å². The van der Waals surface area contributed by atoms with E-state index in [2.05, 4.69) is 36.9 Å². The van der Waals surface area contributed by atoms with Crippen molar-refractivity contribution in [3.05, 3.63) is 39.9 Å². The topological polar surface area (TPSA) is 128 Å². The molecule has 0 saturated carbocycles. The van der Waals surface area contributed by atoms with E-state index in [0.29, 0.717) is 27.8 Å². The summed E-state index contributed by atoms with van der Waals surface area (Å²) in [5, 5.41) is 26.3. The number of thiocarbonyl (C=S) groups is 2. The van der Waals surface area contributed by atoms with E-state index >= 15 is 0 Å². The van der Waals surface area contributed by atoms with E-state index in [1.807, 2.05) is 0 Å². The summed E-state index contributed by atoms with van der Waals surface area (Å²) in [7, 11) is 1.68. The van der Waals surface area contributed by atoms with E-state index in [4.69, 9.17) is 24.4 Å². The molecule has 0 aliphatic heterocycles. The molecule has 0 heterocycles. The van der Waals surface area contributed by atoms with Crippen molar-refractivity contribution in [2.24, 2.45) is 15.3 Å². The van der Waals surface area contributed by atoms with Gasteiger partial charge in [0, 0.05) is 24.7 Å². The minimum Gasteiger partial charge on any atom is -0.364 e. The van der Waals surface area contributed by atoms with Gasteiger partial charge < -0.3 is 5.32 Å². The normalized spacial score (nSPS) is 12.2. The molecule has 1 aromatic rings. The van der Waals surface area contributed by atoms with E-state index in [0.717, 1.165) is 0 Å². The molecule has 27 heavy (non-hydrogen) atoms. The molecule has 0 aromatic heterocycles. The predicted octanol–water partition coefficient (Wildman–Crippen LogP) is 1.63. The molecule has 4 N–H and O–H groups in total. The highest BCUT2D eigenvalue weighted by atomic mass is 32.1. The number of hydrazone groups is 3. The third-order valence-electron chi connectivity index (χ3n) is 3.20. The maximum atomic E-state index is 10.8. The van der Waals surface area contributed by atoms with Gasteiger partial charge in [0.15, 0.2) is 5.11 Å². The zero-order valence-electron chi connectivity index (χ0n) is 15.2. The summed E-state index contributed by atoms with van der Waals surface area (Å²) < 4.78 is 0. The molecule has 0 unspecified atom stereocenters. The molecule has 0 bridgehead atoms. The fourth-order valence-electron chi connectivity index (χ4n) is 1.56. The van der Waals surface area contributed by atoms with Crippen LogP contribution in [0, 0.1) is 10.1 Å². The molecule has 1 aromatic carbocycles. The average Bonchev–Trinajstić information content (AvgIpc) is 2.67. The van der Waals surface area contributed by atoms with E-state index < -0.39 is 4.92 Å². The SMILES string of the molecule is CNC(=S)N/N=C(C)/C(C)=N/NC(=S)N/N=C(\C)c1cccc([N+](=O)[O-])c1. The highest BCUT2D eigenvalue weighted by molar-refractivity contribution is 7.80. The highest BCUT2D eigenvalue weighted by Gasteiger charge is 2.07. The maximum absolute atomic E-state index is 10.8. The third-order valence-corrected chi connectivity index (χ3v) is 3.68. The Morgan fingerprint density at radius 3 is 2.11 bits per heavy atom. The first-order valence-corrected chi connectivity index (χ1v) is 8.48. The molecule has 0 radical (unpaired) electrons. The number of nitrogens with one attached hydrogen (secondary N) is 4. The van der Waals surface area contributed by atoms with Crippen LogP contribution in [0.5, 0.6) is 0 Å². The van der Waals surface area contributed by atoms with Crippen LogP contribution in [0.15, 0.2) is 39.6 Å². The first-order chi connectivity index (χ1) is 12.7. The third kappa shape index (κ3) is 7.83. The van der Waals surface area contributed by atoms with Gasteiger partial charge in [-0.05, 0) is 45.2 Å². The minimum absolute atomic E-state index is 0.0101. The molecule has 0 spiro atoms. The molecule has 0 aliphatic rings. The van der Waals surface area contributed by atoms with Gasteiger partial charge in [-0.2, -0.15) is 15.3 Å². The van der Waals surface area contributed by atoms with Crippen LogP contribution in [0.1, 0.15) is 26.3 Å². The number of nitro benzene ring substituents is 1. The van der Waals surface area contributed by atoms with Crippen LogP contribution in [0.4, 0.5) is 5.69 Å². The van der Waals surface area contributed by atoms with Crippen molar-refractivity contribution >= 4 is 57.5 Å². The van der Waals surface area contributed by atoms with Crippen LogP contribution in [0.3, 0.4) is 0 Å². The Bertz CT molecular complexity index is 820. The molecular formula is C15H20N8O2S2. The summed E-state index contributed by atoms with van der Waals surface area (Å²) in [6.45, 7) is 5.21. The Labute approximate surface area is 167 Å². The Morgan fingerprint density at radius 2 is 1.56 bits per heavy atom. The van der Waals surface area contributed by atoms with Crippen LogP contribution in [0.2, 0.25) is 0 Å². The van der Waals surface area contributed by atoms with E-state index in [1.165, 1.54) is 12.1 Å². The van der Waals surface area contributed by atoms with Crippen molar-refractivity contribution in [3.63, 3.8) is 0 Å². The van der Waals surface area contributed by atoms with Gasteiger partial charge in [-0.25, -0.2) is 0 Å². The van der Waals surface area contributed by atoms with E-state index in [1.54, 1.807) is 40.0 Å². The number of benzene rings is 1. The number of hydrogen-bond acceptors (Lipinski definition) is 7. The Morgan fingerprint density at radius 1 is 1.00 bits per heavy atom. The fourth-order valence-corrected chi connectivity index (χ4v) is 1.69. The summed E-state index contributed by atoms with van der Waals surface area (Å²) in [5.41, 5.74) is 10.2. The first kappa shape index (κ1) is 22.1. The van der Waals surface area contributed by atoms with Gasteiger partial charge in [0.25, 0.3) is 5.69 Å². The fraction of sp³-hybridized carbons (Fsp3) is 0.267. The van der Waals surface area contributed by atoms with Gasteiger partial charge in [-0.15, -0.1) is 0 Å². The molecule has 12 heteroatoms. The number of nitro groups is 1. The largest absolute Gasteiger partial charge is 0.364 e. The van der Waals surface area contributed by atoms with Gasteiger partial charge in [0.2, 0.25) is 5.11 Å². The average molecular weight is 409 g/mol. The van der Waals surface area contributed by atoms with E-state index in [-0.39, 0.29) is 10.8 Å². The second-order valence-corrected chi connectivity index (χ2v) is 5.96. The summed E-state index contributed by atoms with van der Waals surface area (Å²) in [6, 6.07) is 6.15. The lowest BCUT2D eigenvalue weighted by atomic mass is 10.1. The van der Waals surface area contributed by atoms with Gasteiger partial charge >= 0.3 is 0 Å². The molecular weight excluding hydrogens is 388 g/mol. The smallest absolute Gasteiger partial charge is 0.270 e. The van der Waals surface area contributed by atoms with Gasteiger partial charge in [0.05, 0.1) is 22.1 Å². The molecule has 10 nitrogen and oxygen atoms in total. The molecule has 0 atom stereocenters. The lowest BCUT2D eigenvalue weighted by molar-refractivity contribution is -0.384. The van der Waals surface area contributed by atoms with Crippen molar-refractivity contribution < 1.29 is 4.92 Å². The van der Waals surface area contributed by atoms with Crippen molar-refractivity contribution in [2.75, 3.05) is 7.05 Å². The predicted molar refractivity (Wildman–Crippen MR) is 115 cm³/mol. The quantitative estimate of drug-likeness (QED) is 0.242. The molecule has 144 valence electrons. The van der Waals surface area contributed by atoms with Crippen LogP contribution in [0.25, 0.3) is 0 Å². The van der Waals surface area contributed by atoms with Crippen LogP contribution in [-0.2, 0) is 0 Å². The van der Waals surface area contributed by atoms with Gasteiger partial charge in [-0.3, -0.25) is 26.4 Å². The number of hydrogen-bond donors (Lipinski definition) is 4. The Hall–Kier alpha value is -2.99. The zero-order chi connectivity index (χ0) is 20.4. The summed E-state index contributed by atoms with van der Waals surface area (Å²) >= 11 is 10.0. The summed E-state index contributed by atoms with van der Waals surface area (Å²) in [4.78, 5) is 10.4. The van der Waals surface area contributed by atoms with Crippen LogP contribution < -0.4 is 21.6 Å². The van der Waals surface area contributed by atoms with Crippen LogP contribution >= 0.6 is 24.4 Å². The van der Waals surface area contributed by atoms with Gasteiger partial charge in [-0.1, -0.05) is 12.1 Å². The number of nitrogens with zero attached hydrogens (tertiary/aromatic N) is 4. The minimum atomic E-state index is -0.462. The molecule has 0 fully saturated rings.